The van der Waals surface area contributed by atoms with E-state index in [0.717, 1.165) is 29.9 Å². The third-order valence-electron chi connectivity index (χ3n) is 7.18. The summed E-state index contributed by atoms with van der Waals surface area (Å²) in [6.07, 6.45) is 9.77. The Bertz CT molecular complexity index is 586. The zero-order chi connectivity index (χ0) is 17.4. The van der Waals surface area contributed by atoms with Crippen LogP contribution in [0.3, 0.4) is 0 Å². The van der Waals surface area contributed by atoms with Crippen molar-refractivity contribution in [1.29, 1.82) is 0 Å². The Morgan fingerprint density at radius 1 is 1.12 bits per heavy atom. The summed E-state index contributed by atoms with van der Waals surface area (Å²) in [6.45, 7) is 2.26. The Balaban J connectivity index is 1.31. The lowest BCUT2D eigenvalue weighted by molar-refractivity contribution is -0.125. The number of nitrogens with one attached hydrogen (secondary N) is 1. The number of methoxy groups -OCH3 is 1. The standard InChI is InChI=1S/C22H31NO2/c1-15(22-12-17-9-18(13-22)11-19(10-17)14-22)23-21(24)8-5-16-3-6-20(25-2)7-4-16/h3-4,6-7,15,17-19H,5,8-14H2,1-2H3,(H,23,24). The second-order valence-corrected chi connectivity index (χ2v) is 8.92. The van der Waals surface area contributed by atoms with Crippen LogP contribution in [0.25, 0.3) is 0 Å². The fourth-order valence-electron chi connectivity index (χ4n) is 6.22. The molecule has 1 N–H and O–H groups in total. The van der Waals surface area contributed by atoms with Gasteiger partial charge in [0, 0.05) is 12.5 Å². The number of aryl methyl sites for hydroxylation is 1. The van der Waals surface area contributed by atoms with Crippen LogP contribution < -0.4 is 10.1 Å². The smallest absolute Gasteiger partial charge is 0.220 e. The predicted octanol–water partition coefficient (Wildman–Crippen LogP) is 4.35. The molecule has 1 aromatic rings. The third kappa shape index (κ3) is 3.43. The van der Waals surface area contributed by atoms with Crippen molar-refractivity contribution in [3.05, 3.63) is 29.8 Å². The van der Waals surface area contributed by atoms with E-state index in [-0.39, 0.29) is 5.91 Å². The Morgan fingerprint density at radius 2 is 1.68 bits per heavy atom. The summed E-state index contributed by atoms with van der Waals surface area (Å²) in [5.74, 6) is 3.88. The Kier molecular flexibility index (Phi) is 4.51. The minimum absolute atomic E-state index is 0.207. The maximum atomic E-state index is 12.5. The van der Waals surface area contributed by atoms with Crippen LogP contribution in [0.15, 0.2) is 24.3 Å². The highest BCUT2D eigenvalue weighted by Crippen LogP contribution is 2.61. The molecule has 25 heavy (non-hydrogen) atoms. The quantitative estimate of drug-likeness (QED) is 0.835. The zero-order valence-corrected chi connectivity index (χ0v) is 15.6. The molecule has 5 rings (SSSR count). The van der Waals surface area contributed by atoms with Gasteiger partial charge in [-0.2, -0.15) is 0 Å². The molecule has 1 amide bonds. The first-order valence-corrected chi connectivity index (χ1v) is 9.98. The highest BCUT2D eigenvalue weighted by molar-refractivity contribution is 5.76. The van der Waals surface area contributed by atoms with Crippen LogP contribution in [0.4, 0.5) is 0 Å². The van der Waals surface area contributed by atoms with Gasteiger partial charge in [-0.05, 0) is 92.7 Å². The molecule has 0 aliphatic heterocycles. The van der Waals surface area contributed by atoms with Gasteiger partial charge in [-0.1, -0.05) is 12.1 Å². The third-order valence-corrected chi connectivity index (χ3v) is 7.18. The molecule has 3 nitrogen and oxygen atoms in total. The van der Waals surface area contributed by atoms with Crippen LogP contribution in [-0.2, 0) is 11.2 Å². The lowest BCUT2D eigenvalue weighted by Gasteiger charge is -2.59. The fraction of sp³-hybridized carbons (Fsp3) is 0.682. The molecule has 0 radical (unpaired) electrons. The molecule has 1 aromatic carbocycles. The maximum absolute atomic E-state index is 12.5. The summed E-state index contributed by atoms with van der Waals surface area (Å²) in [5.41, 5.74) is 1.59. The number of carbonyl (C=O) groups is 1. The number of ether oxygens (including phenoxy) is 1. The number of carbonyl (C=O) groups excluding carboxylic acids is 1. The van der Waals surface area contributed by atoms with E-state index in [2.05, 4.69) is 24.4 Å². The number of amides is 1. The minimum Gasteiger partial charge on any atom is -0.497 e. The molecule has 0 spiro atoms. The lowest BCUT2D eigenvalue weighted by Crippen LogP contribution is -2.55. The number of benzene rings is 1. The average Bonchev–Trinajstić information content (AvgIpc) is 2.59. The minimum atomic E-state index is 0.207. The molecule has 4 aliphatic rings. The first-order chi connectivity index (χ1) is 12.1. The van der Waals surface area contributed by atoms with E-state index in [1.165, 1.54) is 44.1 Å². The lowest BCUT2D eigenvalue weighted by atomic mass is 9.48. The molecule has 4 saturated carbocycles. The van der Waals surface area contributed by atoms with Crippen LogP contribution in [0.1, 0.15) is 57.4 Å². The highest BCUT2D eigenvalue weighted by Gasteiger charge is 2.53. The number of hydrogen-bond acceptors (Lipinski definition) is 2. The normalized spacial score (nSPS) is 33.9. The molecule has 1 unspecified atom stereocenters. The molecular weight excluding hydrogens is 310 g/mol. The molecule has 3 heteroatoms. The van der Waals surface area contributed by atoms with Crippen LogP contribution in [0.5, 0.6) is 5.75 Å². The summed E-state index contributed by atoms with van der Waals surface area (Å²) >= 11 is 0. The van der Waals surface area contributed by atoms with Crippen LogP contribution in [0, 0.1) is 23.2 Å². The van der Waals surface area contributed by atoms with Crippen molar-refractivity contribution in [3.63, 3.8) is 0 Å². The second-order valence-electron chi connectivity index (χ2n) is 8.92. The molecule has 0 aromatic heterocycles. The molecule has 0 saturated heterocycles. The van der Waals surface area contributed by atoms with Crippen LogP contribution in [0.2, 0.25) is 0 Å². The van der Waals surface area contributed by atoms with Crippen LogP contribution >= 0.6 is 0 Å². The second kappa shape index (κ2) is 6.66. The summed E-state index contributed by atoms with van der Waals surface area (Å²) < 4.78 is 5.19. The van der Waals surface area contributed by atoms with E-state index in [4.69, 9.17) is 4.74 Å². The summed E-state index contributed by atoms with van der Waals surface area (Å²) in [6, 6.07) is 8.35. The molecule has 4 aliphatic carbocycles. The van der Waals surface area contributed by atoms with Gasteiger partial charge in [0.1, 0.15) is 5.75 Å². The largest absolute Gasteiger partial charge is 0.497 e. The van der Waals surface area contributed by atoms with Crippen molar-refractivity contribution in [2.24, 2.45) is 23.2 Å². The maximum Gasteiger partial charge on any atom is 0.220 e. The molecule has 136 valence electrons. The predicted molar refractivity (Wildman–Crippen MR) is 99.5 cm³/mol. The molecule has 1 atom stereocenters. The van der Waals surface area contributed by atoms with Crippen molar-refractivity contribution < 1.29 is 9.53 Å². The summed E-state index contributed by atoms with van der Waals surface area (Å²) in [7, 11) is 1.67. The monoisotopic (exact) mass is 341 g/mol. The van der Waals surface area contributed by atoms with Gasteiger partial charge in [-0.25, -0.2) is 0 Å². The van der Waals surface area contributed by atoms with E-state index < -0.39 is 0 Å². The van der Waals surface area contributed by atoms with Gasteiger partial charge >= 0.3 is 0 Å². The summed E-state index contributed by atoms with van der Waals surface area (Å²) in [5, 5.41) is 3.37. The Labute approximate surface area is 151 Å². The molecule has 0 heterocycles. The van der Waals surface area contributed by atoms with Gasteiger partial charge < -0.3 is 10.1 Å². The fourth-order valence-corrected chi connectivity index (χ4v) is 6.22. The van der Waals surface area contributed by atoms with Crippen molar-refractivity contribution >= 4 is 5.91 Å². The summed E-state index contributed by atoms with van der Waals surface area (Å²) in [4.78, 5) is 12.5. The van der Waals surface area contributed by atoms with E-state index in [9.17, 15) is 4.79 Å². The van der Waals surface area contributed by atoms with Crippen molar-refractivity contribution in [2.75, 3.05) is 7.11 Å². The number of hydrogen-bond donors (Lipinski definition) is 1. The Morgan fingerprint density at radius 3 is 2.20 bits per heavy atom. The SMILES string of the molecule is COc1ccc(CCC(=O)NC(C)C23CC4CC(CC(C4)C2)C3)cc1. The van der Waals surface area contributed by atoms with Crippen molar-refractivity contribution in [2.45, 2.75) is 64.3 Å². The number of rotatable bonds is 6. The van der Waals surface area contributed by atoms with Crippen molar-refractivity contribution in [3.8, 4) is 5.75 Å². The first-order valence-electron chi connectivity index (χ1n) is 9.98. The van der Waals surface area contributed by atoms with Gasteiger partial charge in [-0.15, -0.1) is 0 Å². The van der Waals surface area contributed by atoms with E-state index in [1.807, 2.05) is 12.1 Å². The molecule has 4 fully saturated rings. The van der Waals surface area contributed by atoms with Gasteiger partial charge in [0.2, 0.25) is 5.91 Å². The average molecular weight is 341 g/mol. The topological polar surface area (TPSA) is 38.3 Å². The van der Waals surface area contributed by atoms with Gasteiger partial charge in [-0.3, -0.25) is 4.79 Å². The highest BCUT2D eigenvalue weighted by atomic mass is 16.5. The van der Waals surface area contributed by atoms with E-state index in [1.54, 1.807) is 7.11 Å². The van der Waals surface area contributed by atoms with Gasteiger partial charge in [0.15, 0.2) is 0 Å². The van der Waals surface area contributed by atoms with Crippen LogP contribution in [-0.4, -0.2) is 19.1 Å². The van der Waals surface area contributed by atoms with E-state index >= 15 is 0 Å². The van der Waals surface area contributed by atoms with Crippen molar-refractivity contribution in [1.82, 2.24) is 5.32 Å². The first kappa shape index (κ1) is 16.9. The van der Waals surface area contributed by atoms with Gasteiger partial charge in [0.05, 0.1) is 7.11 Å². The van der Waals surface area contributed by atoms with Gasteiger partial charge in [0.25, 0.3) is 0 Å². The van der Waals surface area contributed by atoms with E-state index in [0.29, 0.717) is 17.9 Å². The molecule has 4 bridgehead atoms. The zero-order valence-electron chi connectivity index (χ0n) is 15.6. The molecular formula is C22H31NO2. The Hall–Kier alpha value is -1.51.